The normalized spacial score (nSPS) is 46.5. The molecule has 19 atom stereocenters. The van der Waals surface area contributed by atoms with Gasteiger partial charge < -0.3 is 62.9 Å². The van der Waals surface area contributed by atoms with E-state index in [-0.39, 0.29) is 67.0 Å². The zero-order valence-electron chi connectivity index (χ0n) is 38.6. The number of rotatable bonds is 8. The van der Waals surface area contributed by atoms with Crippen molar-refractivity contribution >= 4 is 5.97 Å². The number of ether oxygens (including phenoxy) is 10. The van der Waals surface area contributed by atoms with Crippen molar-refractivity contribution in [3.8, 4) is 0 Å². The van der Waals surface area contributed by atoms with Gasteiger partial charge in [0.15, 0.2) is 18.4 Å². The molecular weight excluding hydrogens is 799 g/mol. The first-order valence-corrected chi connectivity index (χ1v) is 22.9. The summed E-state index contributed by atoms with van der Waals surface area (Å²) < 4.78 is 64.3. The molecule has 7 rings (SSSR count). The Morgan fingerprint density at radius 1 is 0.887 bits per heavy atom. The van der Waals surface area contributed by atoms with Crippen molar-refractivity contribution in [2.45, 2.75) is 185 Å². The van der Waals surface area contributed by atoms with Crippen LogP contribution >= 0.6 is 0 Å². The Morgan fingerprint density at radius 3 is 2.31 bits per heavy atom. The van der Waals surface area contributed by atoms with Gasteiger partial charge in [-0.2, -0.15) is 0 Å². The van der Waals surface area contributed by atoms with Crippen molar-refractivity contribution in [1.29, 1.82) is 0 Å². The van der Waals surface area contributed by atoms with E-state index in [4.69, 9.17) is 47.4 Å². The number of allylic oxidation sites excluding steroid dienone is 2. The van der Waals surface area contributed by atoms with Crippen LogP contribution in [0.5, 0.6) is 0 Å². The second-order valence-corrected chi connectivity index (χ2v) is 19.1. The SMILES string of the molecule is CNC1C(C)OC(OC2C(C)OC(OC3C(C)=CCC4CC(CC5(C=CC(C)C(C(C)C)O5)O4)OC(=O)C4C=C(C)C(O)C5OCC(=CC=CC3C)C45O)CC2OC)CC1OC. The first-order valence-electron chi connectivity index (χ1n) is 22.9. The highest BCUT2D eigenvalue weighted by Gasteiger charge is 2.60. The van der Waals surface area contributed by atoms with Crippen LogP contribution in [0.25, 0.3) is 0 Å². The van der Waals surface area contributed by atoms with Gasteiger partial charge in [-0.25, -0.2) is 0 Å². The van der Waals surface area contributed by atoms with E-state index in [0.717, 1.165) is 5.57 Å². The molecule has 4 fully saturated rings. The quantitative estimate of drug-likeness (QED) is 0.215. The van der Waals surface area contributed by atoms with Gasteiger partial charge >= 0.3 is 5.97 Å². The molecule has 62 heavy (non-hydrogen) atoms. The molecule has 14 heteroatoms. The Kier molecular flexibility index (Phi) is 15.1. The summed E-state index contributed by atoms with van der Waals surface area (Å²) >= 11 is 0. The van der Waals surface area contributed by atoms with Crippen molar-refractivity contribution < 1.29 is 62.4 Å². The number of carbonyl (C=O) groups is 1. The summed E-state index contributed by atoms with van der Waals surface area (Å²) in [4.78, 5) is 14.3. The number of carbonyl (C=O) groups excluding carboxylic acids is 1. The second kappa shape index (κ2) is 19.7. The highest BCUT2D eigenvalue weighted by Crippen LogP contribution is 2.47. The van der Waals surface area contributed by atoms with Gasteiger partial charge in [0.25, 0.3) is 0 Å². The predicted octanol–water partition coefficient (Wildman–Crippen LogP) is 5.21. The molecule has 0 aromatic carbocycles. The fourth-order valence-corrected chi connectivity index (χ4v) is 10.9. The number of methoxy groups -OCH3 is 2. The zero-order chi connectivity index (χ0) is 44.7. The van der Waals surface area contributed by atoms with Crippen LogP contribution < -0.4 is 5.32 Å². The fraction of sp³-hybridized carbons (Fsp3) is 0.771. The maximum absolute atomic E-state index is 14.3. The molecule has 2 bridgehead atoms. The van der Waals surface area contributed by atoms with E-state index < -0.39 is 66.4 Å². The van der Waals surface area contributed by atoms with Crippen LogP contribution in [0.2, 0.25) is 0 Å². The summed E-state index contributed by atoms with van der Waals surface area (Å²) in [5.41, 5.74) is 0.176. The number of likely N-dealkylation sites (N-methyl/N-ethyl adjacent to an activating group) is 1. The van der Waals surface area contributed by atoms with Crippen molar-refractivity contribution in [1.82, 2.24) is 5.32 Å². The molecule has 1 aliphatic carbocycles. The number of nitrogens with one attached hydrogen (secondary N) is 1. The number of hydrogen-bond acceptors (Lipinski definition) is 14. The molecule has 6 heterocycles. The van der Waals surface area contributed by atoms with Crippen molar-refractivity contribution in [3.05, 3.63) is 59.3 Å². The van der Waals surface area contributed by atoms with Gasteiger partial charge in [-0.3, -0.25) is 4.79 Å². The van der Waals surface area contributed by atoms with Crippen LogP contribution in [-0.4, -0.2) is 141 Å². The molecule has 0 radical (unpaired) electrons. The average Bonchev–Trinajstić information content (AvgIpc) is 3.57. The Morgan fingerprint density at radius 2 is 1.60 bits per heavy atom. The topological polar surface area (TPSA) is 162 Å². The number of esters is 1. The smallest absolute Gasteiger partial charge is 0.316 e. The summed E-state index contributed by atoms with van der Waals surface area (Å²) in [6.45, 7) is 16.3. The minimum atomic E-state index is -1.83. The van der Waals surface area contributed by atoms with Crippen LogP contribution in [0.15, 0.2) is 59.3 Å². The molecule has 0 aromatic rings. The van der Waals surface area contributed by atoms with Crippen molar-refractivity contribution in [3.63, 3.8) is 0 Å². The van der Waals surface area contributed by atoms with Crippen LogP contribution in [0.4, 0.5) is 0 Å². The Labute approximate surface area is 368 Å². The van der Waals surface area contributed by atoms with E-state index in [1.807, 2.05) is 39.1 Å². The van der Waals surface area contributed by atoms with Gasteiger partial charge in [-0.05, 0) is 69.9 Å². The summed E-state index contributed by atoms with van der Waals surface area (Å²) in [6, 6.07) is 0.0445. The van der Waals surface area contributed by atoms with Crippen molar-refractivity contribution in [2.75, 3.05) is 27.9 Å². The number of aliphatic hydroxyl groups excluding tert-OH is 1. The molecule has 348 valence electrons. The van der Waals surface area contributed by atoms with Gasteiger partial charge in [-0.1, -0.05) is 64.2 Å². The number of fused-ring (bicyclic) bond motifs is 2. The molecule has 0 saturated carbocycles. The second-order valence-electron chi connectivity index (χ2n) is 19.1. The first kappa shape index (κ1) is 47.6. The third kappa shape index (κ3) is 9.64. The Balaban J connectivity index is 1.17. The van der Waals surface area contributed by atoms with Gasteiger partial charge in [-0.15, -0.1) is 0 Å². The Bertz CT molecular complexity index is 1730. The van der Waals surface area contributed by atoms with Gasteiger partial charge in [0.2, 0.25) is 0 Å². The molecule has 4 saturated heterocycles. The number of aliphatic hydroxyl groups is 2. The molecule has 0 amide bonds. The fourth-order valence-electron chi connectivity index (χ4n) is 10.9. The van der Waals surface area contributed by atoms with E-state index >= 15 is 0 Å². The molecule has 14 nitrogen and oxygen atoms in total. The van der Waals surface area contributed by atoms with Crippen molar-refractivity contribution in [2.24, 2.45) is 23.7 Å². The third-order valence-electron chi connectivity index (χ3n) is 14.3. The zero-order valence-corrected chi connectivity index (χ0v) is 38.6. The molecule has 1 spiro atoms. The lowest BCUT2D eigenvalue weighted by molar-refractivity contribution is -0.312. The molecule has 6 aliphatic heterocycles. The van der Waals surface area contributed by atoms with Crippen LogP contribution in [0.3, 0.4) is 0 Å². The standard InChI is InChI=1S/C48H73NO13/c1-25(2)42-28(5)17-18-47(62-42)23-34-20-33(61-47)16-15-27(4)43(26(3)13-12-14-32-24-55-45-41(50)29(6)19-35(46(51)58-34)48(32,45)52)59-39-22-37(54-11)44(31(8)57-39)60-38-21-36(53-10)40(49-9)30(7)56-38/h12-15,17-19,25-26,28,30-31,33-45,49-50,52H,16,20-24H2,1-11H3. The van der Waals surface area contributed by atoms with E-state index in [9.17, 15) is 15.0 Å². The molecule has 0 aromatic heterocycles. The molecular formula is C48H73NO13. The van der Waals surface area contributed by atoms with Gasteiger partial charge in [0.1, 0.15) is 35.9 Å². The van der Waals surface area contributed by atoms with Gasteiger partial charge in [0, 0.05) is 51.7 Å². The van der Waals surface area contributed by atoms with E-state index in [1.54, 1.807) is 33.3 Å². The van der Waals surface area contributed by atoms with Crippen LogP contribution in [-0.2, 0) is 52.2 Å². The summed E-state index contributed by atoms with van der Waals surface area (Å²) in [6.07, 6.45) is 9.72. The lowest BCUT2D eigenvalue weighted by Gasteiger charge is -2.48. The first-order chi connectivity index (χ1) is 29.5. The summed E-state index contributed by atoms with van der Waals surface area (Å²) in [7, 11) is 5.30. The van der Waals surface area contributed by atoms with Crippen LogP contribution in [0.1, 0.15) is 87.5 Å². The third-order valence-corrected chi connectivity index (χ3v) is 14.3. The maximum Gasteiger partial charge on any atom is 0.316 e. The highest BCUT2D eigenvalue weighted by atomic mass is 16.7. The van der Waals surface area contributed by atoms with E-state index in [1.165, 1.54) is 0 Å². The largest absolute Gasteiger partial charge is 0.462 e. The minimum Gasteiger partial charge on any atom is -0.462 e. The monoisotopic (exact) mass is 872 g/mol. The van der Waals surface area contributed by atoms with Gasteiger partial charge in [0.05, 0.1) is 55.4 Å². The lowest BCUT2D eigenvalue weighted by atomic mass is 9.71. The van der Waals surface area contributed by atoms with E-state index in [0.29, 0.717) is 43.3 Å². The molecule has 19 unspecified atom stereocenters. The summed E-state index contributed by atoms with van der Waals surface area (Å²) in [5.74, 6) is -2.56. The maximum atomic E-state index is 14.3. The molecule has 3 N–H and O–H groups in total. The summed E-state index contributed by atoms with van der Waals surface area (Å²) in [5, 5.41) is 27.0. The number of hydrogen-bond donors (Lipinski definition) is 3. The predicted molar refractivity (Wildman–Crippen MR) is 230 cm³/mol. The van der Waals surface area contributed by atoms with Crippen LogP contribution in [0, 0.1) is 23.7 Å². The Hall–Kier alpha value is -2.31. The highest BCUT2D eigenvalue weighted by molar-refractivity contribution is 5.78. The minimum absolute atomic E-state index is 0.0407. The lowest BCUT2D eigenvalue weighted by Crippen LogP contribution is -2.58. The van der Waals surface area contributed by atoms with E-state index in [2.05, 4.69) is 52.1 Å². The average molecular weight is 872 g/mol. The molecule has 7 aliphatic rings.